The molecule has 1 atom stereocenters. The summed E-state index contributed by atoms with van der Waals surface area (Å²) in [5.41, 5.74) is 0.627. The van der Waals surface area contributed by atoms with Crippen molar-refractivity contribution in [3.63, 3.8) is 0 Å². The third-order valence-corrected chi connectivity index (χ3v) is 5.83. The van der Waals surface area contributed by atoms with Gasteiger partial charge in [-0.2, -0.15) is 5.26 Å². The zero-order valence-electron chi connectivity index (χ0n) is 15.9. The van der Waals surface area contributed by atoms with Crippen molar-refractivity contribution in [1.29, 1.82) is 5.26 Å². The number of likely N-dealkylation sites (tertiary alicyclic amines) is 2. The summed E-state index contributed by atoms with van der Waals surface area (Å²) in [5, 5.41) is 9.00. The highest BCUT2D eigenvalue weighted by Crippen LogP contribution is 2.36. The molecule has 3 saturated heterocycles. The number of carbonyl (C=O) groups is 2. The first-order valence-electron chi connectivity index (χ1n) is 9.91. The predicted octanol–water partition coefficient (Wildman–Crippen LogP) is 1.57. The minimum atomic E-state index is -0.373. The minimum Gasteiger partial charge on any atom is -0.371 e. The van der Waals surface area contributed by atoms with E-state index in [9.17, 15) is 9.59 Å². The zero-order chi connectivity index (χ0) is 19.6. The average molecular weight is 383 g/mol. The number of amides is 2. The molecule has 0 unspecified atom stereocenters. The van der Waals surface area contributed by atoms with E-state index in [0.717, 1.165) is 32.4 Å². The quantitative estimate of drug-likeness (QED) is 0.788. The molecule has 7 nitrogen and oxygen atoms in total. The third-order valence-electron chi connectivity index (χ3n) is 5.83. The van der Waals surface area contributed by atoms with Crippen molar-refractivity contribution in [2.24, 2.45) is 0 Å². The first-order chi connectivity index (χ1) is 13.6. The Morgan fingerprint density at radius 3 is 2.79 bits per heavy atom. The molecule has 3 heterocycles. The van der Waals surface area contributed by atoms with E-state index in [4.69, 9.17) is 14.7 Å². The molecule has 0 saturated carbocycles. The largest absolute Gasteiger partial charge is 0.371 e. The van der Waals surface area contributed by atoms with E-state index in [1.807, 2.05) is 4.90 Å². The molecule has 28 heavy (non-hydrogen) atoms. The molecule has 3 aliphatic rings. The lowest BCUT2D eigenvalue weighted by Gasteiger charge is -2.53. The highest BCUT2D eigenvalue weighted by Gasteiger charge is 2.49. The number of benzene rings is 1. The average Bonchev–Trinajstić information content (AvgIpc) is 3.25. The van der Waals surface area contributed by atoms with Crippen LogP contribution in [-0.2, 0) is 14.3 Å². The molecule has 0 radical (unpaired) electrons. The van der Waals surface area contributed by atoms with Crippen LogP contribution in [0.1, 0.15) is 41.6 Å². The summed E-state index contributed by atoms with van der Waals surface area (Å²) < 4.78 is 11.9. The maximum absolute atomic E-state index is 12.6. The third kappa shape index (κ3) is 3.89. The molecule has 0 bridgehead atoms. The molecule has 1 aromatic rings. The summed E-state index contributed by atoms with van der Waals surface area (Å²) >= 11 is 0. The molecule has 0 N–H and O–H groups in total. The van der Waals surface area contributed by atoms with Crippen LogP contribution in [0.4, 0.5) is 0 Å². The molecular formula is C21H25N3O4. The van der Waals surface area contributed by atoms with Gasteiger partial charge >= 0.3 is 0 Å². The smallest absolute Gasteiger partial charge is 0.254 e. The van der Waals surface area contributed by atoms with E-state index in [0.29, 0.717) is 37.2 Å². The second kappa shape index (κ2) is 7.90. The van der Waals surface area contributed by atoms with Crippen LogP contribution in [-0.4, -0.2) is 72.7 Å². The summed E-state index contributed by atoms with van der Waals surface area (Å²) in [6.07, 6.45) is 3.61. The number of rotatable bonds is 4. The first-order valence-corrected chi connectivity index (χ1v) is 9.91. The molecule has 7 heteroatoms. The van der Waals surface area contributed by atoms with Gasteiger partial charge in [-0.3, -0.25) is 9.59 Å². The standard InChI is InChI=1S/C21H25N3O4/c22-12-16-4-3-5-17(10-16)20(26)24-14-21(15-24)11-18(6-9-28-21)27-13-19(25)23-7-1-2-8-23/h3-5,10,18H,1-2,6-9,11,13-15H2/t18-/m1/s1. The molecule has 1 spiro atoms. The van der Waals surface area contributed by atoms with Gasteiger partial charge in [-0.1, -0.05) is 6.07 Å². The van der Waals surface area contributed by atoms with Gasteiger partial charge in [0.05, 0.1) is 30.8 Å². The Kier molecular flexibility index (Phi) is 5.33. The van der Waals surface area contributed by atoms with Crippen LogP contribution >= 0.6 is 0 Å². The van der Waals surface area contributed by atoms with Crippen LogP contribution in [0.3, 0.4) is 0 Å². The van der Waals surface area contributed by atoms with E-state index in [1.165, 1.54) is 0 Å². The summed E-state index contributed by atoms with van der Waals surface area (Å²) in [6.45, 7) is 3.41. The van der Waals surface area contributed by atoms with Crippen molar-refractivity contribution < 1.29 is 19.1 Å². The highest BCUT2D eigenvalue weighted by molar-refractivity contribution is 5.95. The van der Waals surface area contributed by atoms with E-state index >= 15 is 0 Å². The maximum Gasteiger partial charge on any atom is 0.254 e. The maximum atomic E-state index is 12.6. The first kappa shape index (κ1) is 18.9. The van der Waals surface area contributed by atoms with E-state index in [2.05, 4.69) is 6.07 Å². The van der Waals surface area contributed by atoms with Crippen molar-refractivity contribution in [3.8, 4) is 6.07 Å². The van der Waals surface area contributed by atoms with Gasteiger partial charge in [0.25, 0.3) is 5.91 Å². The highest BCUT2D eigenvalue weighted by atomic mass is 16.5. The van der Waals surface area contributed by atoms with Crippen molar-refractivity contribution >= 4 is 11.8 Å². The van der Waals surface area contributed by atoms with Gasteiger partial charge in [0, 0.05) is 31.7 Å². The van der Waals surface area contributed by atoms with Gasteiger partial charge in [0.1, 0.15) is 12.2 Å². The second-order valence-electron chi connectivity index (χ2n) is 7.90. The molecule has 0 aromatic heterocycles. The molecule has 0 aliphatic carbocycles. The Hall–Kier alpha value is -2.43. The summed E-state index contributed by atoms with van der Waals surface area (Å²) in [4.78, 5) is 28.4. The van der Waals surface area contributed by atoms with Crippen LogP contribution in [0.25, 0.3) is 0 Å². The van der Waals surface area contributed by atoms with E-state index in [1.54, 1.807) is 29.2 Å². The van der Waals surface area contributed by atoms with Crippen LogP contribution in [0, 0.1) is 11.3 Å². The number of nitrogens with zero attached hydrogens (tertiary/aromatic N) is 3. The SMILES string of the molecule is N#Cc1cccc(C(=O)N2CC3(C[C@H](OCC(=O)N4CCCC4)CCO3)C2)c1. The number of ether oxygens (including phenoxy) is 2. The number of hydrogen-bond donors (Lipinski definition) is 0. The summed E-state index contributed by atoms with van der Waals surface area (Å²) in [6, 6.07) is 8.81. The number of carbonyl (C=O) groups excluding carboxylic acids is 2. The molecular weight excluding hydrogens is 358 g/mol. The Morgan fingerprint density at radius 2 is 2.04 bits per heavy atom. The molecule has 4 rings (SSSR count). The van der Waals surface area contributed by atoms with Gasteiger partial charge in [-0.15, -0.1) is 0 Å². The molecule has 3 aliphatic heterocycles. The van der Waals surface area contributed by atoms with Crippen LogP contribution < -0.4 is 0 Å². The molecule has 3 fully saturated rings. The predicted molar refractivity (Wildman–Crippen MR) is 101 cm³/mol. The van der Waals surface area contributed by atoms with Crippen LogP contribution in [0.2, 0.25) is 0 Å². The summed E-state index contributed by atoms with van der Waals surface area (Å²) in [7, 11) is 0. The van der Waals surface area contributed by atoms with Crippen LogP contribution in [0.15, 0.2) is 24.3 Å². The number of hydrogen-bond acceptors (Lipinski definition) is 5. The Bertz CT molecular complexity index is 791. The van der Waals surface area contributed by atoms with E-state index < -0.39 is 0 Å². The van der Waals surface area contributed by atoms with Gasteiger partial charge < -0.3 is 19.3 Å². The molecule has 148 valence electrons. The van der Waals surface area contributed by atoms with Crippen molar-refractivity contribution in [2.75, 3.05) is 39.4 Å². The lowest BCUT2D eigenvalue weighted by Crippen LogP contribution is -2.67. The molecule has 2 amide bonds. The Labute approximate surface area is 164 Å². The summed E-state index contributed by atoms with van der Waals surface area (Å²) in [5.74, 6) is -0.0144. The fraction of sp³-hybridized carbons (Fsp3) is 0.571. The molecule has 1 aromatic carbocycles. The van der Waals surface area contributed by atoms with Gasteiger partial charge in [0.15, 0.2) is 0 Å². The Balaban J connectivity index is 1.28. The number of nitriles is 1. The Morgan fingerprint density at radius 1 is 1.25 bits per heavy atom. The fourth-order valence-corrected chi connectivity index (χ4v) is 4.29. The lowest BCUT2D eigenvalue weighted by atomic mass is 9.84. The van der Waals surface area contributed by atoms with Crippen LogP contribution in [0.5, 0.6) is 0 Å². The van der Waals surface area contributed by atoms with Crippen molar-refractivity contribution in [1.82, 2.24) is 9.80 Å². The van der Waals surface area contributed by atoms with Gasteiger partial charge in [-0.05, 0) is 37.5 Å². The fourth-order valence-electron chi connectivity index (χ4n) is 4.29. The monoisotopic (exact) mass is 383 g/mol. The second-order valence-corrected chi connectivity index (χ2v) is 7.90. The normalized spacial score (nSPS) is 23.3. The zero-order valence-corrected chi connectivity index (χ0v) is 15.9. The lowest BCUT2D eigenvalue weighted by molar-refractivity contribution is -0.188. The van der Waals surface area contributed by atoms with Gasteiger partial charge in [-0.25, -0.2) is 0 Å². The topological polar surface area (TPSA) is 82.9 Å². The van der Waals surface area contributed by atoms with Crippen molar-refractivity contribution in [2.45, 2.75) is 37.4 Å². The van der Waals surface area contributed by atoms with E-state index in [-0.39, 0.29) is 30.1 Å². The van der Waals surface area contributed by atoms with Crippen molar-refractivity contribution in [3.05, 3.63) is 35.4 Å². The minimum absolute atomic E-state index is 0.0144. The van der Waals surface area contributed by atoms with Gasteiger partial charge in [0.2, 0.25) is 5.91 Å².